The summed E-state index contributed by atoms with van der Waals surface area (Å²) in [7, 11) is -4.23. The van der Waals surface area contributed by atoms with E-state index in [2.05, 4.69) is 6.92 Å². The summed E-state index contributed by atoms with van der Waals surface area (Å²) < 4.78 is 29.1. The Labute approximate surface area is 263 Å². The molecule has 3 unspecified atom stereocenters. The molecule has 0 aliphatic heterocycles. The fourth-order valence-electron chi connectivity index (χ4n) is 5.47. The first-order valence-corrected chi connectivity index (χ1v) is 18.8. The van der Waals surface area contributed by atoms with Crippen LogP contribution < -0.4 is 10.5 Å². The zero-order chi connectivity index (χ0) is 31.6. The van der Waals surface area contributed by atoms with E-state index in [4.69, 9.17) is 19.5 Å². The Balaban J connectivity index is 2.28. The van der Waals surface area contributed by atoms with Crippen LogP contribution in [0.25, 0.3) is 0 Å². The number of Topliss-reactive ketones (excluding diaryl/α,β-unsaturated/α-hetero) is 1. The van der Waals surface area contributed by atoms with E-state index in [0.29, 0.717) is 32.4 Å². The van der Waals surface area contributed by atoms with Gasteiger partial charge in [-0.1, -0.05) is 121 Å². The van der Waals surface area contributed by atoms with Crippen molar-refractivity contribution in [1.82, 2.24) is 0 Å². The lowest BCUT2D eigenvalue weighted by Gasteiger charge is -2.21. The van der Waals surface area contributed by atoms with Gasteiger partial charge in [0.15, 0.2) is 0 Å². The molecule has 0 heterocycles. The van der Waals surface area contributed by atoms with E-state index in [1.54, 1.807) is 6.92 Å². The lowest BCUT2D eigenvalue weighted by molar-refractivity contribution is -0.118. The minimum atomic E-state index is -4.23. The van der Waals surface area contributed by atoms with Gasteiger partial charge in [0, 0.05) is 6.42 Å². The van der Waals surface area contributed by atoms with Crippen molar-refractivity contribution in [3.63, 3.8) is 0 Å². The van der Waals surface area contributed by atoms with E-state index >= 15 is 0 Å². The molecule has 0 amide bonds. The second kappa shape index (κ2) is 26.0. The molecule has 250 valence electrons. The third kappa shape index (κ3) is 22.9. The first-order valence-electron chi connectivity index (χ1n) is 17.3. The zero-order valence-electron chi connectivity index (χ0n) is 27.7. The van der Waals surface area contributed by atoms with E-state index in [-0.39, 0.29) is 24.7 Å². The van der Waals surface area contributed by atoms with Crippen LogP contribution in [0, 0.1) is 5.92 Å². The highest BCUT2D eigenvalue weighted by atomic mass is 31.2. The minimum Gasteiger partial charge on any atom is -0.493 e. The number of phosphoric acid groups is 1. The second-order valence-electron chi connectivity index (χ2n) is 12.3. The molecule has 1 aromatic rings. The van der Waals surface area contributed by atoms with Gasteiger partial charge >= 0.3 is 7.82 Å². The number of hydrogen-bond acceptors (Lipinski definition) is 6. The van der Waals surface area contributed by atoms with Crippen molar-refractivity contribution in [1.29, 1.82) is 0 Å². The van der Waals surface area contributed by atoms with Crippen molar-refractivity contribution >= 4 is 13.6 Å². The molecule has 0 radical (unpaired) electrons. The number of para-hydroxylation sites is 1. The van der Waals surface area contributed by atoms with Gasteiger partial charge in [-0.25, -0.2) is 4.57 Å². The molecular formula is C35H64NO6P. The van der Waals surface area contributed by atoms with Crippen LogP contribution >= 0.6 is 7.82 Å². The number of rotatable bonds is 30. The van der Waals surface area contributed by atoms with Crippen LogP contribution in [0.3, 0.4) is 0 Å². The van der Waals surface area contributed by atoms with Crippen LogP contribution in [0.1, 0.15) is 148 Å². The molecule has 0 saturated carbocycles. The maximum atomic E-state index is 12.5. The Morgan fingerprint density at radius 2 is 1.40 bits per heavy atom. The summed E-state index contributed by atoms with van der Waals surface area (Å²) >= 11 is 0. The number of unbranched alkanes of at least 4 members (excludes halogenated alkanes) is 15. The van der Waals surface area contributed by atoms with E-state index < -0.39 is 13.9 Å². The number of carbonyl (C=O) groups excluding carboxylic acids is 1. The highest BCUT2D eigenvalue weighted by molar-refractivity contribution is 7.47. The number of hydrogen-bond donors (Lipinski definition) is 2. The predicted molar refractivity (Wildman–Crippen MR) is 179 cm³/mol. The van der Waals surface area contributed by atoms with Gasteiger partial charge in [0.25, 0.3) is 0 Å². The molecule has 7 nitrogen and oxygen atoms in total. The number of carbonyl (C=O) groups is 1. The van der Waals surface area contributed by atoms with E-state index in [1.165, 1.54) is 96.8 Å². The highest BCUT2D eigenvalue weighted by Gasteiger charge is 2.27. The number of phosphoric ester groups is 1. The molecule has 0 aliphatic carbocycles. The topological polar surface area (TPSA) is 108 Å². The molecule has 0 bridgehead atoms. The Kier molecular flexibility index (Phi) is 24.1. The van der Waals surface area contributed by atoms with Crippen molar-refractivity contribution in [2.45, 2.75) is 155 Å². The van der Waals surface area contributed by atoms with Gasteiger partial charge < -0.3 is 20.2 Å². The number of ketones is 1. The minimum absolute atomic E-state index is 0.00479. The molecule has 3 atom stereocenters. The van der Waals surface area contributed by atoms with Crippen LogP contribution in [-0.2, 0) is 24.8 Å². The molecular weight excluding hydrogens is 561 g/mol. The fraction of sp³-hybridized carbons (Fsp3) is 0.800. The van der Waals surface area contributed by atoms with Crippen LogP contribution in [0.2, 0.25) is 0 Å². The average Bonchev–Trinajstić information content (AvgIpc) is 2.96. The molecule has 0 aliphatic rings. The normalized spacial score (nSPS) is 14.3. The third-order valence-corrected chi connectivity index (χ3v) is 9.02. The Morgan fingerprint density at radius 3 is 1.93 bits per heavy atom. The summed E-state index contributed by atoms with van der Waals surface area (Å²) in [5.74, 6) is 0.544. The number of ether oxygens (including phenoxy) is 1. The maximum Gasteiger partial charge on any atom is 0.472 e. The Hall–Kier alpha value is -1.24. The molecule has 0 aromatic heterocycles. The Morgan fingerprint density at radius 1 is 0.860 bits per heavy atom. The molecule has 0 fully saturated rings. The number of benzene rings is 1. The van der Waals surface area contributed by atoms with Crippen LogP contribution in [-0.4, -0.2) is 36.5 Å². The molecule has 43 heavy (non-hydrogen) atoms. The molecule has 3 N–H and O–H groups in total. The first-order chi connectivity index (χ1) is 20.8. The lowest BCUT2D eigenvalue weighted by Crippen LogP contribution is -2.17. The van der Waals surface area contributed by atoms with Crippen molar-refractivity contribution in [2.24, 2.45) is 11.7 Å². The first kappa shape index (κ1) is 39.8. The second-order valence-corrected chi connectivity index (χ2v) is 13.8. The summed E-state index contributed by atoms with van der Waals surface area (Å²) in [6, 6.07) is 7.83. The van der Waals surface area contributed by atoms with Crippen molar-refractivity contribution in [3.8, 4) is 5.75 Å². The van der Waals surface area contributed by atoms with E-state index in [1.807, 2.05) is 24.3 Å². The maximum absolute atomic E-state index is 12.5. The molecule has 8 heteroatoms. The van der Waals surface area contributed by atoms with Gasteiger partial charge in [0.05, 0.1) is 19.3 Å². The van der Waals surface area contributed by atoms with E-state index in [9.17, 15) is 14.3 Å². The average molecular weight is 626 g/mol. The molecule has 0 spiro atoms. The number of nitrogens with two attached hydrogens (primary N) is 1. The van der Waals surface area contributed by atoms with Crippen LogP contribution in [0.15, 0.2) is 24.3 Å². The fourth-order valence-corrected chi connectivity index (χ4v) is 6.49. The predicted octanol–water partition coefficient (Wildman–Crippen LogP) is 9.73. The summed E-state index contributed by atoms with van der Waals surface area (Å²) in [4.78, 5) is 22.1. The largest absolute Gasteiger partial charge is 0.493 e. The summed E-state index contributed by atoms with van der Waals surface area (Å²) in [5.41, 5.74) is 6.48. The summed E-state index contributed by atoms with van der Waals surface area (Å²) in [6.07, 6.45) is 23.0. The van der Waals surface area contributed by atoms with Crippen LogP contribution in [0.4, 0.5) is 0 Å². The lowest BCUT2D eigenvalue weighted by atomic mass is 9.95. The van der Waals surface area contributed by atoms with Crippen LogP contribution in [0.5, 0.6) is 5.75 Å². The van der Waals surface area contributed by atoms with Gasteiger partial charge in [0.2, 0.25) is 0 Å². The quantitative estimate of drug-likeness (QED) is 0.0647. The van der Waals surface area contributed by atoms with Gasteiger partial charge in [-0.15, -0.1) is 0 Å². The standard InChI is InChI=1S/C35H64NO6P/c1-4-5-6-7-8-9-10-11-12-13-14-15-16-17-18-21-27-40-35-25-20-19-24-34(35)29-33(28-31(2)37)30-41-43(38,39)42-32(3)23-22-26-36/h19-20,24-25,32-33H,4-18,21-23,26-30,36H2,1-3H3,(H,38,39). The monoisotopic (exact) mass is 625 g/mol. The smallest absolute Gasteiger partial charge is 0.472 e. The molecule has 1 rings (SSSR count). The highest BCUT2D eigenvalue weighted by Crippen LogP contribution is 2.46. The Bertz CT molecular complexity index is 866. The van der Waals surface area contributed by atoms with Gasteiger partial charge in [-0.2, -0.15) is 0 Å². The summed E-state index contributed by atoms with van der Waals surface area (Å²) in [5, 5.41) is 0. The van der Waals surface area contributed by atoms with Gasteiger partial charge in [0.1, 0.15) is 11.5 Å². The van der Waals surface area contributed by atoms with Gasteiger partial charge in [-0.3, -0.25) is 9.05 Å². The van der Waals surface area contributed by atoms with E-state index in [0.717, 1.165) is 24.2 Å². The third-order valence-electron chi connectivity index (χ3n) is 7.91. The molecule has 1 aromatic carbocycles. The van der Waals surface area contributed by atoms with Crippen molar-refractivity contribution in [3.05, 3.63) is 29.8 Å². The molecule has 0 saturated heterocycles. The van der Waals surface area contributed by atoms with Crippen molar-refractivity contribution < 1.29 is 28.0 Å². The summed E-state index contributed by atoms with van der Waals surface area (Å²) in [6.45, 7) is 6.62. The van der Waals surface area contributed by atoms with Crippen molar-refractivity contribution in [2.75, 3.05) is 19.8 Å². The van der Waals surface area contributed by atoms with Gasteiger partial charge in [-0.05, 0) is 63.6 Å². The zero-order valence-corrected chi connectivity index (χ0v) is 28.6. The SMILES string of the molecule is CCCCCCCCCCCCCCCCCCOc1ccccc1CC(COP(=O)(O)OC(C)CCCN)CC(C)=O.